The van der Waals surface area contributed by atoms with Crippen LogP contribution in [0.15, 0.2) is 42.6 Å². The van der Waals surface area contributed by atoms with Gasteiger partial charge in [-0.2, -0.15) is 0 Å². The van der Waals surface area contributed by atoms with Gasteiger partial charge in [0.05, 0.1) is 0 Å². The van der Waals surface area contributed by atoms with Gasteiger partial charge in [0.2, 0.25) is 0 Å². The molecule has 0 aliphatic carbocycles. The Bertz CT molecular complexity index is 664. The Morgan fingerprint density at radius 1 is 1.17 bits per heavy atom. The van der Waals surface area contributed by atoms with E-state index in [2.05, 4.69) is 18.0 Å². The van der Waals surface area contributed by atoms with Crippen molar-refractivity contribution in [3.63, 3.8) is 0 Å². The Kier molecular flexibility index (Phi) is 5.06. The number of para-hydroxylation sites is 1. The molecule has 0 bridgehead atoms. The summed E-state index contributed by atoms with van der Waals surface area (Å²) in [5.41, 5.74) is 4.05. The van der Waals surface area contributed by atoms with E-state index in [1.807, 2.05) is 41.4 Å². The summed E-state index contributed by atoms with van der Waals surface area (Å²) in [4.78, 5) is 19.1. The summed E-state index contributed by atoms with van der Waals surface area (Å²) >= 11 is 0. The number of anilines is 1. The van der Waals surface area contributed by atoms with Crippen LogP contribution in [0, 0.1) is 0 Å². The van der Waals surface area contributed by atoms with E-state index in [4.69, 9.17) is 0 Å². The third-order valence-electron chi connectivity index (χ3n) is 4.47. The zero-order chi connectivity index (χ0) is 16.1. The highest BCUT2D eigenvalue weighted by Crippen LogP contribution is 2.27. The Labute approximate surface area is 138 Å². The lowest BCUT2D eigenvalue weighted by Gasteiger charge is -2.29. The van der Waals surface area contributed by atoms with Crippen LogP contribution in [0.2, 0.25) is 0 Å². The van der Waals surface area contributed by atoms with Crippen molar-refractivity contribution in [2.24, 2.45) is 0 Å². The summed E-state index contributed by atoms with van der Waals surface area (Å²) in [5, 5.41) is 0. The summed E-state index contributed by atoms with van der Waals surface area (Å²) in [5.74, 6) is 0.0114. The molecule has 1 aromatic heterocycles. The molecule has 0 spiro atoms. The summed E-state index contributed by atoms with van der Waals surface area (Å²) in [6.45, 7) is 2.98. The zero-order valence-electron chi connectivity index (χ0n) is 13.8. The minimum absolute atomic E-state index is 0.0114. The zero-order valence-corrected chi connectivity index (χ0v) is 13.8. The third-order valence-corrected chi connectivity index (χ3v) is 4.47. The Balaban J connectivity index is 1.74. The molecule has 0 fully saturated rings. The van der Waals surface area contributed by atoms with Gasteiger partial charge in [-0.05, 0) is 48.9 Å². The van der Waals surface area contributed by atoms with Crippen molar-refractivity contribution >= 4 is 11.6 Å². The standard InChI is InChI=1S/C20H24N2O/c1-2-3-4-8-16-12-13-18(21-15-16)20(23)22-14-7-10-17-9-5-6-11-19(17)22/h5-6,9,11-13,15H,2-4,7-8,10,14H2,1H3. The molecule has 2 heterocycles. The summed E-state index contributed by atoms with van der Waals surface area (Å²) < 4.78 is 0. The predicted octanol–water partition coefficient (Wildman–Crippen LogP) is 4.41. The van der Waals surface area contributed by atoms with Crippen LogP contribution < -0.4 is 4.90 Å². The maximum atomic E-state index is 12.8. The number of fused-ring (bicyclic) bond motifs is 1. The number of carbonyl (C=O) groups excluding carboxylic acids is 1. The molecule has 0 saturated carbocycles. The topological polar surface area (TPSA) is 33.2 Å². The molecule has 2 aromatic rings. The van der Waals surface area contributed by atoms with Crippen LogP contribution in [0.3, 0.4) is 0 Å². The van der Waals surface area contributed by atoms with E-state index in [9.17, 15) is 4.79 Å². The van der Waals surface area contributed by atoms with Crippen LogP contribution >= 0.6 is 0 Å². The van der Waals surface area contributed by atoms with E-state index in [1.165, 1.54) is 30.4 Å². The van der Waals surface area contributed by atoms with Gasteiger partial charge in [0, 0.05) is 18.4 Å². The molecule has 0 atom stereocenters. The lowest BCUT2D eigenvalue weighted by molar-refractivity contribution is 0.0980. The average Bonchev–Trinajstić information content (AvgIpc) is 2.61. The van der Waals surface area contributed by atoms with Gasteiger partial charge < -0.3 is 4.90 Å². The number of carbonyl (C=O) groups is 1. The van der Waals surface area contributed by atoms with Gasteiger partial charge in [0.15, 0.2) is 0 Å². The highest BCUT2D eigenvalue weighted by atomic mass is 16.2. The number of aromatic nitrogens is 1. The van der Waals surface area contributed by atoms with Crippen LogP contribution in [-0.2, 0) is 12.8 Å². The van der Waals surface area contributed by atoms with Crippen molar-refractivity contribution in [2.75, 3.05) is 11.4 Å². The molecular formula is C20H24N2O. The molecular weight excluding hydrogens is 284 g/mol. The first-order valence-corrected chi connectivity index (χ1v) is 8.64. The van der Waals surface area contributed by atoms with Crippen LogP contribution in [0.1, 0.15) is 54.2 Å². The van der Waals surface area contributed by atoms with E-state index < -0.39 is 0 Å². The lowest BCUT2D eigenvalue weighted by Crippen LogP contribution is -2.35. The molecule has 0 unspecified atom stereocenters. The summed E-state index contributed by atoms with van der Waals surface area (Å²) in [6, 6.07) is 12.1. The van der Waals surface area contributed by atoms with Gasteiger partial charge >= 0.3 is 0 Å². The molecule has 3 heteroatoms. The quantitative estimate of drug-likeness (QED) is 0.767. The van der Waals surface area contributed by atoms with Gasteiger partial charge in [-0.15, -0.1) is 0 Å². The van der Waals surface area contributed by atoms with Crippen LogP contribution in [-0.4, -0.2) is 17.4 Å². The predicted molar refractivity (Wildman–Crippen MR) is 93.9 cm³/mol. The molecule has 0 N–H and O–H groups in total. The Hall–Kier alpha value is -2.16. The second-order valence-electron chi connectivity index (χ2n) is 6.20. The fraction of sp³-hybridized carbons (Fsp3) is 0.400. The maximum absolute atomic E-state index is 12.8. The number of unbranched alkanes of at least 4 members (excludes halogenated alkanes) is 2. The first-order chi connectivity index (χ1) is 11.3. The fourth-order valence-electron chi connectivity index (χ4n) is 3.16. The van der Waals surface area contributed by atoms with E-state index in [0.717, 1.165) is 31.5 Å². The molecule has 1 aromatic carbocycles. The highest BCUT2D eigenvalue weighted by Gasteiger charge is 2.23. The van der Waals surface area contributed by atoms with Crippen molar-refractivity contribution in [1.82, 2.24) is 4.98 Å². The maximum Gasteiger partial charge on any atom is 0.276 e. The van der Waals surface area contributed by atoms with E-state index in [1.54, 1.807) is 0 Å². The number of hydrogen-bond acceptors (Lipinski definition) is 2. The number of nitrogens with zero attached hydrogens (tertiary/aromatic N) is 2. The minimum atomic E-state index is 0.0114. The fourth-order valence-corrected chi connectivity index (χ4v) is 3.16. The van der Waals surface area contributed by atoms with Gasteiger partial charge in [-0.3, -0.25) is 9.78 Å². The molecule has 1 aliphatic heterocycles. The average molecular weight is 308 g/mol. The summed E-state index contributed by atoms with van der Waals surface area (Å²) in [7, 11) is 0. The number of benzene rings is 1. The van der Waals surface area contributed by atoms with Crippen molar-refractivity contribution in [3.8, 4) is 0 Å². The molecule has 0 saturated heterocycles. The second kappa shape index (κ2) is 7.40. The van der Waals surface area contributed by atoms with Crippen molar-refractivity contribution in [2.45, 2.75) is 45.4 Å². The smallest absolute Gasteiger partial charge is 0.276 e. The van der Waals surface area contributed by atoms with Gasteiger partial charge in [-0.25, -0.2) is 0 Å². The van der Waals surface area contributed by atoms with Crippen LogP contribution in [0.4, 0.5) is 5.69 Å². The monoisotopic (exact) mass is 308 g/mol. The number of pyridine rings is 1. The Morgan fingerprint density at radius 3 is 2.83 bits per heavy atom. The molecule has 3 rings (SSSR count). The van der Waals surface area contributed by atoms with E-state index in [-0.39, 0.29) is 5.91 Å². The third kappa shape index (κ3) is 3.61. The molecule has 23 heavy (non-hydrogen) atoms. The molecule has 0 radical (unpaired) electrons. The van der Waals surface area contributed by atoms with Gasteiger partial charge in [0.25, 0.3) is 5.91 Å². The lowest BCUT2D eigenvalue weighted by atomic mass is 10.0. The number of aryl methyl sites for hydroxylation is 2. The number of hydrogen-bond donors (Lipinski definition) is 0. The normalized spacial score (nSPS) is 13.7. The first kappa shape index (κ1) is 15.7. The van der Waals surface area contributed by atoms with Gasteiger partial charge in [0.1, 0.15) is 5.69 Å². The number of rotatable bonds is 5. The molecule has 120 valence electrons. The SMILES string of the molecule is CCCCCc1ccc(C(=O)N2CCCc3ccccc32)nc1. The first-order valence-electron chi connectivity index (χ1n) is 8.64. The minimum Gasteiger partial charge on any atom is -0.307 e. The largest absolute Gasteiger partial charge is 0.307 e. The highest BCUT2D eigenvalue weighted by molar-refractivity contribution is 6.05. The second-order valence-corrected chi connectivity index (χ2v) is 6.20. The van der Waals surface area contributed by atoms with Gasteiger partial charge in [-0.1, -0.05) is 44.0 Å². The number of amides is 1. The summed E-state index contributed by atoms with van der Waals surface area (Å²) in [6.07, 6.45) is 8.61. The van der Waals surface area contributed by atoms with Crippen LogP contribution in [0.5, 0.6) is 0 Å². The molecule has 1 aliphatic rings. The van der Waals surface area contributed by atoms with Crippen molar-refractivity contribution in [3.05, 3.63) is 59.4 Å². The Morgan fingerprint density at radius 2 is 2.04 bits per heavy atom. The van der Waals surface area contributed by atoms with E-state index in [0.29, 0.717) is 5.69 Å². The van der Waals surface area contributed by atoms with Crippen LogP contribution in [0.25, 0.3) is 0 Å². The molecule has 3 nitrogen and oxygen atoms in total. The van der Waals surface area contributed by atoms with Crippen molar-refractivity contribution in [1.29, 1.82) is 0 Å². The van der Waals surface area contributed by atoms with Crippen molar-refractivity contribution < 1.29 is 4.79 Å². The van der Waals surface area contributed by atoms with E-state index >= 15 is 0 Å². The molecule has 1 amide bonds.